The Labute approximate surface area is 239 Å². The fraction of sp³-hybridized carbons (Fsp3) is 0.429. The molecule has 4 unspecified atom stereocenters. The van der Waals surface area contributed by atoms with E-state index in [9.17, 15) is 4.79 Å². The second-order valence-corrected chi connectivity index (χ2v) is 10.9. The fourth-order valence-corrected chi connectivity index (χ4v) is 5.37. The summed E-state index contributed by atoms with van der Waals surface area (Å²) in [7, 11) is 1.57. The Kier molecular flexibility index (Phi) is 8.49. The van der Waals surface area contributed by atoms with Gasteiger partial charge in [-0.1, -0.05) is 18.2 Å². The summed E-state index contributed by atoms with van der Waals surface area (Å²) in [4.78, 5) is 31.0. The Bertz CT molecular complexity index is 1310. The van der Waals surface area contributed by atoms with Crippen LogP contribution < -0.4 is 48.1 Å². The van der Waals surface area contributed by atoms with Crippen LogP contribution in [-0.2, 0) is 0 Å². The number of amides is 1. The summed E-state index contributed by atoms with van der Waals surface area (Å²) in [5.41, 5.74) is 27.7. The van der Waals surface area contributed by atoms with Crippen LogP contribution in [0.3, 0.4) is 0 Å². The van der Waals surface area contributed by atoms with Gasteiger partial charge in [0.05, 0.1) is 12.8 Å². The zero-order valence-electron chi connectivity index (χ0n) is 23.5. The van der Waals surface area contributed by atoms with Crippen LogP contribution in [-0.4, -0.2) is 78.3 Å². The van der Waals surface area contributed by atoms with Gasteiger partial charge in [0.15, 0.2) is 0 Å². The molecule has 5 rings (SSSR count). The molecule has 13 nitrogen and oxygen atoms in total. The van der Waals surface area contributed by atoms with E-state index in [-0.39, 0.29) is 30.1 Å². The maximum absolute atomic E-state index is 12.8. The monoisotopic (exact) mass is 561 g/mol. The van der Waals surface area contributed by atoms with Crippen molar-refractivity contribution in [2.45, 2.75) is 43.9 Å². The van der Waals surface area contributed by atoms with Crippen LogP contribution in [0.15, 0.2) is 42.5 Å². The van der Waals surface area contributed by atoms with Crippen molar-refractivity contribution in [2.75, 3.05) is 53.7 Å². The minimum absolute atomic E-state index is 0.0893. The number of anilines is 5. The number of aromatic nitrogens is 3. The SMILES string of the molecule is COc1cc(NC(=O)c2ccccc2)c(C)cc1Nc1nc(N2CC(N)CC(N)C2)nc(N2CC(N)CC(N)C2)n1. The van der Waals surface area contributed by atoms with Crippen LogP contribution in [0.25, 0.3) is 0 Å². The van der Waals surface area contributed by atoms with Gasteiger partial charge in [0.1, 0.15) is 5.75 Å². The normalized spacial score (nSPS) is 22.8. The molecule has 10 N–H and O–H groups in total. The number of nitrogens with zero attached hydrogens (tertiary/aromatic N) is 5. The first kappa shape index (κ1) is 28.5. The number of carbonyl (C=O) groups excluding carboxylic acids is 1. The van der Waals surface area contributed by atoms with Crippen molar-refractivity contribution in [1.82, 2.24) is 15.0 Å². The minimum Gasteiger partial charge on any atom is -0.494 e. The van der Waals surface area contributed by atoms with Gasteiger partial charge in [0, 0.05) is 67.7 Å². The van der Waals surface area contributed by atoms with E-state index in [1.165, 1.54) is 0 Å². The van der Waals surface area contributed by atoms with Gasteiger partial charge in [-0.05, 0) is 43.5 Å². The van der Waals surface area contributed by atoms with Crippen molar-refractivity contribution >= 4 is 35.1 Å². The standard InChI is InChI=1S/C28H39N11O2/c1-16-8-23(24(41-2)11-22(16)33-25(40)17-6-4-3-5-7-17)34-26-35-27(38-12-18(29)9-19(30)13-38)37-28(36-26)39-14-20(31)10-21(32)15-39/h3-8,11,18-21H,9-10,12-15,29-32H2,1-2H3,(H,33,40)(H,34,35,36,37). The Morgan fingerprint density at radius 3 is 1.88 bits per heavy atom. The number of methoxy groups -OCH3 is 1. The molecular formula is C28H39N11O2. The average Bonchev–Trinajstić information content (AvgIpc) is 2.93. The lowest BCUT2D eigenvalue weighted by molar-refractivity contribution is 0.102. The van der Waals surface area contributed by atoms with E-state index in [4.69, 9.17) is 42.6 Å². The number of hydrogen-bond donors (Lipinski definition) is 6. The number of ether oxygens (including phenoxy) is 1. The molecule has 1 amide bonds. The lowest BCUT2D eigenvalue weighted by atomic mass is 10.0. The van der Waals surface area contributed by atoms with E-state index in [1.807, 2.05) is 41.0 Å². The first-order valence-corrected chi connectivity index (χ1v) is 13.8. The van der Waals surface area contributed by atoms with Crippen molar-refractivity contribution in [3.05, 3.63) is 53.6 Å². The van der Waals surface area contributed by atoms with E-state index in [0.717, 1.165) is 18.4 Å². The Morgan fingerprint density at radius 2 is 1.37 bits per heavy atom. The van der Waals surface area contributed by atoms with Crippen molar-refractivity contribution in [1.29, 1.82) is 0 Å². The molecule has 2 fully saturated rings. The molecule has 4 atom stereocenters. The first-order chi connectivity index (χ1) is 19.7. The van der Waals surface area contributed by atoms with Crippen molar-refractivity contribution in [3.63, 3.8) is 0 Å². The van der Waals surface area contributed by atoms with E-state index < -0.39 is 0 Å². The van der Waals surface area contributed by atoms with Crippen LogP contribution in [0.1, 0.15) is 28.8 Å². The third-order valence-electron chi connectivity index (χ3n) is 7.29. The molecule has 3 aromatic rings. The number of piperidine rings is 2. The first-order valence-electron chi connectivity index (χ1n) is 13.8. The smallest absolute Gasteiger partial charge is 0.255 e. The third kappa shape index (κ3) is 6.82. The number of hydrogen-bond acceptors (Lipinski definition) is 12. The summed E-state index contributed by atoms with van der Waals surface area (Å²) in [5, 5.41) is 6.27. The number of aryl methyl sites for hydroxylation is 1. The minimum atomic E-state index is -0.209. The highest BCUT2D eigenvalue weighted by atomic mass is 16.5. The molecule has 1 aromatic heterocycles. The molecule has 13 heteroatoms. The second kappa shape index (κ2) is 12.2. The summed E-state index contributed by atoms with van der Waals surface area (Å²) in [5.74, 6) is 1.56. The summed E-state index contributed by atoms with van der Waals surface area (Å²) in [6.45, 7) is 4.21. The van der Waals surface area contributed by atoms with E-state index in [0.29, 0.717) is 66.7 Å². The topological polar surface area (TPSA) is 200 Å². The van der Waals surface area contributed by atoms with Crippen LogP contribution >= 0.6 is 0 Å². The Balaban J connectivity index is 1.46. The molecule has 0 spiro atoms. The second-order valence-electron chi connectivity index (χ2n) is 10.9. The van der Waals surface area contributed by atoms with E-state index in [1.54, 1.807) is 25.3 Å². The number of rotatable bonds is 7. The van der Waals surface area contributed by atoms with Gasteiger partial charge in [-0.2, -0.15) is 15.0 Å². The molecule has 0 bridgehead atoms. The summed E-state index contributed by atoms with van der Waals surface area (Å²) >= 11 is 0. The van der Waals surface area contributed by atoms with Gasteiger partial charge in [0.25, 0.3) is 5.91 Å². The molecule has 0 aliphatic carbocycles. The van der Waals surface area contributed by atoms with E-state index in [2.05, 4.69) is 10.6 Å². The van der Waals surface area contributed by atoms with Crippen LogP contribution in [0.2, 0.25) is 0 Å². The summed E-state index contributed by atoms with van der Waals surface area (Å²) in [6.07, 6.45) is 1.47. The van der Waals surface area contributed by atoms with Crippen molar-refractivity contribution in [2.24, 2.45) is 22.9 Å². The number of nitrogens with two attached hydrogens (primary N) is 4. The molecule has 0 radical (unpaired) electrons. The number of benzene rings is 2. The van der Waals surface area contributed by atoms with Gasteiger partial charge in [-0.15, -0.1) is 0 Å². The van der Waals surface area contributed by atoms with Gasteiger partial charge in [-0.25, -0.2) is 0 Å². The van der Waals surface area contributed by atoms with Crippen LogP contribution in [0, 0.1) is 6.92 Å². The molecular weight excluding hydrogens is 522 g/mol. The molecule has 41 heavy (non-hydrogen) atoms. The van der Waals surface area contributed by atoms with E-state index >= 15 is 0 Å². The van der Waals surface area contributed by atoms with Crippen molar-refractivity contribution in [3.8, 4) is 5.75 Å². The molecule has 2 saturated heterocycles. The van der Waals surface area contributed by atoms with Gasteiger partial charge in [0.2, 0.25) is 17.8 Å². The van der Waals surface area contributed by atoms with Gasteiger partial charge >= 0.3 is 0 Å². The quantitative estimate of drug-likeness (QED) is 0.239. The maximum atomic E-state index is 12.8. The molecule has 218 valence electrons. The average molecular weight is 562 g/mol. The molecule has 3 heterocycles. The van der Waals surface area contributed by atoms with Crippen LogP contribution in [0.4, 0.5) is 29.2 Å². The predicted octanol–water partition coefficient (Wildman–Crippen LogP) is 0.914. The zero-order valence-corrected chi connectivity index (χ0v) is 23.5. The maximum Gasteiger partial charge on any atom is 0.255 e. The molecule has 2 aromatic carbocycles. The highest BCUT2D eigenvalue weighted by Gasteiger charge is 2.29. The highest BCUT2D eigenvalue weighted by Crippen LogP contribution is 2.34. The zero-order chi connectivity index (χ0) is 29.1. The summed E-state index contributed by atoms with van der Waals surface area (Å²) < 4.78 is 5.68. The summed E-state index contributed by atoms with van der Waals surface area (Å²) in [6, 6.07) is 12.3. The van der Waals surface area contributed by atoms with Crippen molar-refractivity contribution < 1.29 is 9.53 Å². The van der Waals surface area contributed by atoms with Crippen LogP contribution in [0.5, 0.6) is 5.75 Å². The highest BCUT2D eigenvalue weighted by molar-refractivity contribution is 6.05. The van der Waals surface area contributed by atoms with Gasteiger partial charge < -0.3 is 48.1 Å². The molecule has 0 saturated carbocycles. The lowest BCUT2D eigenvalue weighted by Gasteiger charge is -2.37. The Hall–Kier alpha value is -4.04. The molecule has 2 aliphatic heterocycles. The predicted molar refractivity (Wildman–Crippen MR) is 161 cm³/mol. The molecule has 2 aliphatic rings. The number of nitrogens with one attached hydrogen (secondary N) is 2. The largest absolute Gasteiger partial charge is 0.494 e. The third-order valence-corrected chi connectivity index (χ3v) is 7.29. The lowest BCUT2D eigenvalue weighted by Crippen LogP contribution is -2.54. The number of carbonyl (C=O) groups is 1. The van der Waals surface area contributed by atoms with Gasteiger partial charge in [-0.3, -0.25) is 4.79 Å². The fourth-order valence-electron chi connectivity index (χ4n) is 5.37. The Morgan fingerprint density at radius 1 is 0.829 bits per heavy atom.